The van der Waals surface area contributed by atoms with Crippen LogP contribution < -0.4 is 5.32 Å². The zero-order valence-corrected chi connectivity index (χ0v) is 12.4. The van der Waals surface area contributed by atoms with E-state index in [-0.39, 0.29) is 23.5 Å². The second-order valence-corrected chi connectivity index (χ2v) is 5.85. The Hall–Kier alpha value is -1.60. The third-order valence-electron chi connectivity index (χ3n) is 4.18. The Balaban J connectivity index is 1.58. The lowest BCUT2D eigenvalue weighted by molar-refractivity contribution is -0.138. The van der Waals surface area contributed by atoms with Crippen LogP contribution in [-0.4, -0.2) is 38.4 Å². The van der Waals surface area contributed by atoms with Crippen LogP contribution in [0.2, 0.25) is 0 Å². The molecule has 0 spiro atoms. The summed E-state index contributed by atoms with van der Waals surface area (Å²) in [5, 5.41) is 2.75. The first kappa shape index (κ1) is 16.3. The molecule has 3 atom stereocenters. The molecule has 4 nitrogen and oxygen atoms in total. The molecule has 1 aromatic rings. The lowest BCUT2D eigenvalue weighted by Crippen LogP contribution is -2.40. The van der Waals surface area contributed by atoms with Crippen LogP contribution in [0.3, 0.4) is 0 Å². The Labute approximate surface area is 132 Å². The molecule has 23 heavy (non-hydrogen) atoms. The van der Waals surface area contributed by atoms with Gasteiger partial charge in [-0.3, -0.25) is 4.79 Å². The summed E-state index contributed by atoms with van der Waals surface area (Å²) in [6.45, 7) is 1.78. The lowest BCUT2D eigenvalue weighted by atomic mass is 10.0. The van der Waals surface area contributed by atoms with Gasteiger partial charge in [0.05, 0.1) is 31.5 Å². The van der Waals surface area contributed by atoms with Gasteiger partial charge in [-0.15, -0.1) is 0 Å². The number of nitrogens with one attached hydrogen (secondary N) is 1. The second kappa shape index (κ2) is 6.49. The second-order valence-electron chi connectivity index (χ2n) is 5.85. The van der Waals surface area contributed by atoms with Gasteiger partial charge in [0.1, 0.15) is 0 Å². The topological polar surface area (TPSA) is 47.6 Å². The molecule has 1 amide bonds. The summed E-state index contributed by atoms with van der Waals surface area (Å²) in [4.78, 5) is 12.1. The van der Waals surface area contributed by atoms with E-state index in [1.165, 1.54) is 12.1 Å². The van der Waals surface area contributed by atoms with Gasteiger partial charge < -0.3 is 14.8 Å². The van der Waals surface area contributed by atoms with E-state index in [9.17, 15) is 18.0 Å². The summed E-state index contributed by atoms with van der Waals surface area (Å²) >= 11 is 0. The number of benzene rings is 1. The van der Waals surface area contributed by atoms with Crippen LogP contribution in [0.4, 0.5) is 13.2 Å². The molecule has 1 N–H and O–H groups in total. The zero-order valence-electron chi connectivity index (χ0n) is 12.4. The molecule has 1 aliphatic heterocycles. The molecule has 3 rings (SSSR count). The number of carbonyl (C=O) groups is 1. The van der Waals surface area contributed by atoms with Crippen LogP contribution in [-0.2, 0) is 20.4 Å². The van der Waals surface area contributed by atoms with Crippen molar-refractivity contribution >= 4 is 5.91 Å². The highest BCUT2D eigenvalue weighted by molar-refractivity contribution is 5.83. The highest BCUT2D eigenvalue weighted by Crippen LogP contribution is 2.50. The Bertz CT molecular complexity index is 570. The minimum atomic E-state index is -4.40. The maximum atomic E-state index is 13.0. The summed E-state index contributed by atoms with van der Waals surface area (Å²) in [5.74, 6) is -0.986. The van der Waals surface area contributed by atoms with E-state index in [0.717, 1.165) is 6.07 Å². The predicted octanol–water partition coefficient (Wildman–Crippen LogP) is 2.34. The van der Waals surface area contributed by atoms with Crippen LogP contribution in [0.25, 0.3) is 0 Å². The minimum Gasteiger partial charge on any atom is -0.376 e. The first-order valence-corrected chi connectivity index (χ1v) is 7.60. The van der Waals surface area contributed by atoms with E-state index >= 15 is 0 Å². The molecule has 1 heterocycles. The number of rotatable bonds is 4. The van der Waals surface area contributed by atoms with E-state index in [2.05, 4.69) is 5.32 Å². The molecule has 1 aliphatic carbocycles. The molecule has 126 valence electrons. The van der Waals surface area contributed by atoms with Gasteiger partial charge in [0, 0.05) is 12.5 Å². The van der Waals surface area contributed by atoms with Gasteiger partial charge in [0.25, 0.3) is 0 Å². The van der Waals surface area contributed by atoms with Crippen molar-refractivity contribution in [1.82, 2.24) is 5.32 Å². The van der Waals surface area contributed by atoms with Gasteiger partial charge in [-0.2, -0.15) is 13.2 Å². The first-order valence-electron chi connectivity index (χ1n) is 7.60. The number of hydrogen-bond acceptors (Lipinski definition) is 3. The monoisotopic (exact) mass is 329 g/mol. The number of ether oxygens (including phenoxy) is 2. The van der Waals surface area contributed by atoms with Crippen LogP contribution in [0.1, 0.15) is 23.5 Å². The zero-order chi connectivity index (χ0) is 16.4. The average molecular weight is 329 g/mol. The largest absolute Gasteiger partial charge is 0.416 e. The van der Waals surface area contributed by atoms with Gasteiger partial charge in [0.15, 0.2) is 0 Å². The number of amides is 1. The van der Waals surface area contributed by atoms with Gasteiger partial charge in [0.2, 0.25) is 5.91 Å². The van der Waals surface area contributed by atoms with Crippen molar-refractivity contribution in [2.24, 2.45) is 5.92 Å². The third kappa shape index (κ3) is 3.84. The van der Waals surface area contributed by atoms with E-state index in [1.807, 2.05) is 0 Å². The maximum Gasteiger partial charge on any atom is 0.416 e. The number of alkyl halides is 3. The number of hydrogen-bond donors (Lipinski definition) is 1. The molecule has 2 aliphatic rings. The summed E-state index contributed by atoms with van der Waals surface area (Å²) in [7, 11) is 0. The molecular formula is C16H18F3NO3. The molecule has 1 saturated heterocycles. The van der Waals surface area contributed by atoms with E-state index in [4.69, 9.17) is 9.47 Å². The highest BCUT2D eigenvalue weighted by atomic mass is 19.4. The van der Waals surface area contributed by atoms with E-state index < -0.39 is 17.7 Å². The molecule has 1 aromatic carbocycles. The SMILES string of the molecule is O=C(NC[C@@H]1COCCO1)[C@H]1C[C@@H]1c1ccccc1C(F)(F)F. The predicted molar refractivity (Wildman–Crippen MR) is 75.9 cm³/mol. The van der Waals surface area contributed by atoms with Crippen LogP contribution in [0.15, 0.2) is 24.3 Å². The molecule has 0 radical (unpaired) electrons. The van der Waals surface area contributed by atoms with Crippen molar-refractivity contribution in [1.29, 1.82) is 0 Å². The number of halogens is 3. The first-order chi connectivity index (χ1) is 11.0. The Morgan fingerprint density at radius 1 is 1.26 bits per heavy atom. The molecule has 2 fully saturated rings. The highest BCUT2D eigenvalue weighted by Gasteiger charge is 2.47. The van der Waals surface area contributed by atoms with Crippen LogP contribution in [0.5, 0.6) is 0 Å². The fraction of sp³-hybridized carbons (Fsp3) is 0.562. The summed E-state index contributed by atoms with van der Waals surface area (Å²) in [5.41, 5.74) is -0.443. The van der Waals surface area contributed by atoms with Gasteiger partial charge in [-0.25, -0.2) is 0 Å². The average Bonchev–Trinajstić information content (AvgIpc) is 3.33. The third-order valence-corrected chi connectivity index (χ3v) is 4.18. The molecule has 0 aromatic heterocycles. The van der Waals surface area contributed by atoms with Crippen molar-refractivity contribution < 1.29 is 27.4 Å². The van der Waals surface area contributed by atoms with Crippen molar-refractivity contribution in [3.8, 4) is 0 Å². The standard InChI is InChI=1S/C16H18F3NO3/c17-16(18,19)14-4-2-1-3-11(14)12-7-13(12)15(21)20-8-10-9-22-5-6-23-10/h1-4,10,12-13H,5-9H2,(H,20,21)/t10-,12-,13+/m1/s1. The van der Waals surface area contributed by atoms with Gasteiger partial charge in [-0.1, -0.05) is 18.2 Å². The minimum absolute atomic E-state index is 0.188. The van der Waals surface area contributed by atoms with Crippen molar-refractivity contribution in [2.45, 2.75) is 24.6 Å². The van der Waals surface area contributed by atoms with Crippen LogP contribution >= 0.6 is 0 Å². The fourth-order valence-electron chi connectivity index (χ4n) is 2.91. The summed E-state index contributed by atoms with van der Waals surface area (Å²) in [6.07, 6.45) is -4.14. The molecule has 7 heteroatoms. The van der Waals surface area contributed by atoms with Crippen molar-refractivity contribution in [2.75, 3.05) is 26.4 Å². The maximum absolute atomic E-state index is 13.0. The quantitative estimate of drug-likeness (QED) is 0.922. The van der Waals surface area contributed by atoms with Crippen molar-refractivity contribution in [3.63, 3.8) is 0 Å². The van der Waals surface area contributed by atoms with E-state index in [0.29, 0.717) is 32.8 Å². The fourth-order valence-corrected chi connectivity index (χ4v) is 2.91. The normalized spacial score (nSPS) is 27.5. The molecule has 0 unspecified atom stereocenters. The summed E-state index contributed by atoms with van der Waals surface area (Å²) < 4.78 is 49.7. The van der Waals surface area contributed by atoms with Crippen molar-refractivity contribution in [3.05, 3.63) is 35.4 Å². The Morgan fingerprint density at radius 3 is 2.74 bits per heavy atom. The summed E-state index contributed by atoms with van der Waals surface area (Å²) in [6, 6.07) is 5.46. The lowest BCUT2D eigenvalue weighted by Gasteiger charge is -2.23. The smallest absolute Gasteiger partial charge is 0.376 e. The molecular weight excluding hydrogens is 311 g/mol. The Morgan fingerprint density at radius 2 is 2.04 bits per heavy atom. The van der Waals surface area contributed by atoms with Gasteiger partial charge >= 0.3 is 6.18 Å². The van der Waals surface area contributed by atoms with E-state index in [1.54, 1.807) is 6.07 Å². The number of carbonyl (C=O) groups excluding carboxylic acids is 1. The van der Waals surface area contributed by atoms with Crippen LogP contribution in [0, 0.1) is 5.92 Å². The van der Waals surface area contributed by atoms with Gasteiger partial charge in [-0.05, 0) is 24.0 Å². The molecule has 0 bridgehead atoms. The Kier molecular flexibility index (Phi) is 4.59. The molecule has 1 saturated carbocycles.